The minimum atomic E-state index is -3.94. The van der Waals surface area contributed by atoms with Crippen molar-refractivity contribution in [3.05, 3.63) is 29.1 Å². The van der Waals surface area contributed by atoms with Gasteiger partial charge in [0.25, 0.3) is 0 Å². The van der Waals surface area contributed by atoms with Crippen LogP contribution in [-0.2, 0) is 10.0 Å². The molecule has 1 aliphatic rings. The average molecular weight is 315 g/mol. The second-order valence-corrected chi connectivity index (χ2v) is 7.17. The standard InChI is InChI=1S/C14H18FNO4S/c1-8-12(15)6-11(14(17)18)7-13(8)21(19,20)16-9(2)10-4-3-5-10/h6-7,9-10,16H,3-5H2,1-2H3,(H,17,18). The summed E-state index contributed by atoms with van der Waals surface area (Å²) in [6, 6.07) is 1.57. The van der Waals surface area contributed by atoms with E-state index in [0.717, 1.165) is 31.4 Å². The van der Waals surface area contributed by atoms with Crippen molar-refractivity contribution in [3.8, 4) is 0 Å². The molecule has 1 aromatic rings. The lowest BCUT2D eigenvalue weighted by molar-refractivity contribution is 0.0696. The lowest BCUT2D eigenvalue weighted by Crippen LogP contribution is -2.40. The minimum absolute atomic E-state index is 0.0756. The Labute approximate surface area is 123 Å². The first-order valence-corrected chi connectivity index (χ1v) is 8.26. The fourth-order valence-corrected chi connectivity index (χ4v) is 3.99. The Kier molecular flexibility index (Phi) is 4.34. The zero-order valence-electron chi connectivity index (χ0n) is 11.9. The van der Waals surface area contributed by atoms with Gasteiger partial charge in [0.2, 0.25) is 10.0 Å². The van der Waals surface area contributed by atoms with Gasteiger partial charge in [0.1, 0.15) is 5.82 Å². The molecule has 21 heavy (non-hydrogen) atoms. The summed E-state index contributed by atoms with van der Waals surface area (Å²) < 4.78 is 41.0. The summed E-state index contributed by atoms with van der Waals surface area (Å²) in [6.45, 7) is 3.09. The second kappa shape index (κ2) is 5.73. The number of aromatic carboxylic acids is 1. The number of rotatable bonds is 5. The largest absolute Gasteiger partial charge is 0.478 e. The van der Waals surface area contributed by atoms with Crippen LogP contribution < -0.4 is 4.72 Å². The van der Waals surface area contributed by atoms with Gasteiger partial charge in [-0.15, -0.1) is 0 Å². The van der Waals surface area contributed by atoms with E-state index < -0.39 is 21.8 Å². The van der Waals surface area contributed by atoms with Crippen molar-refractivity contribution in [2.24, 2.45) is 5.92 Å². The van der Waals surface area contributed by atoms with Crippen molar-refractivity contribution < 1.29 is 22.7 Å². The molecule has 0 amide bonds. The van der Waals surface area contributed by atoms with Gasteiger partial charge in [-0.25, -0.2) is 22.3 Å². The van der Waals surface area contributed by atoms with Gasteiger partial charge in [-0.1, -0.05) is 6.42 Å². The highest BCUT2D eigenvalue weighted by Crippen LogP contribution is 2.30. The Morgan fingerprint density at radius 3 is 2.52 bits per heavy atom. The summed E-state index contributed by atoms with van der Waals surface area (Å²) in [5.41, 5.74) is -0.455. The lowest BCUT2D eigenvalue weighted by Gasteiger charge is -2.31. The molecule has 116 valence electrons. The Hall–Kier alpha value is -1.47. The van der Waals surface area contributed by atoms with E-state index in [-0.39, 0.29) is 28.0 Å². The van der Waals surface area contributed by atoms with E-state index in [1.807, 2.05) is 0 Å². The second-order valence-electron chi connectivity index (χ2n) is 5.49. The molecule has 0 saturated heterocycles. The van der Waals surface area contributed by atoms with Crippen LogP contribution in [0.4, 0.5) is 4.39 Å². The van der Waals surface area contributed by atoms with E-state index in [4.69, 9.17) is 5.11 Å². The number of carbonyl (C=O) groups is 1. The summed E-state index contributed by atoms with van der Waals surface area (Å²) in [4.78, 5) is 10.6. The van der Waals surface area contributed by atoms with Crippen molar-refractivity contribution in [1.82, 2.24) is 4.72 Å². The Balaban J connectivity index is 2.36. The van der Waals surface area contributed by atoms with Gasteiger partial charge in [0.05, 0.1) is 10.5 Å². The predicted molar refractivity (Wildman–Crippen MR) is 75.2 cm³/mol. The van der Waals surface area contributed by atoms with Gasteiger partial charge in [-0.3, -0.25) is 0 Å². The van der Waals surface area contributed by atoms with Gasteiger partial charge >= 0.3 is 5.97 Å². The van der Waals surface area contributed by atoms with Crippen LogP contribution in [0.2, 0.25) is 0 Å². The van der Waals surface area contributed by atoms with Gasteiger partial charge in [0.15, 0.2) is 0 Å². The lowest BCUT2D eigenvalue weighted by atomic mass is 9.81. The fraction of sp³-hybridized carbons (Fsp3) is 0.500. The number of hydrogen-bond donors (Lipinski definition) is 2. The molecule has 1 saturated carbocycles. The Morgan fingerprint density at radius 1 is 1.43 bits per heavy atom. The number of hydrogen-bond acceptors (Lipinski definition) is 3. The molecule has 1 aliphatic carbocycles. The molecular weight excluding hydrogens is 297 g/mol. The van der Waals surface area contributed by atoms with E-state index in [0.29, 0.717) is 0 Å². The van der Waals surface area contributed by atoms with E-state index in [9.17, 15) is 17.6 Å². The van der Waals surface area contributed by atoms with E-state index in [2.05, 4.69) is 4.72 Å². The van der Waals surface area contributed by atoms with Crippen LogP contribution in [0.15, 0.2) is 17.0 Å². The molecule has 2 rings (SSSR count). The highest BCUT2D eigenvalue weighted by molar-refractivity contribution is 7.89. The maximum atomic E-state index is 13.7. The third kappa shape index (κ3) is 3.24. The van der Waals surface area contributed by atoms with Crippen LogP contribution in [0.25, 0.3) is 0 Å². The number of carboxylic acids is 1. The first-order valence-electron chi connectivity index (χ1n) is 6.78. The Morgan fingerprint density at radius 2 is 2.05 bits per heavy atom. The van der Waals surface area contributed by atoms with Crippen LogP contribution in [0.3, 0.4) is 0 Å². The molecule has 0 aromatic heterocycles. The van der Waals surface area contributed by atoms with Crippen LogP contribution in [0.5, 0.6) is 0 Å². The molecular formula is C14H18FNO4S. The van der Waals surface area contributed by atoms with Crippen molar-refractivity contribution >= 4 is 16.0 Å². The van der Waals surface area contributed by atoms with Gasteiger partial charge in [0, 0.05) is 11.6 Å². The first-order chi connectivity index (χ1) is 9.72. The molecule has 1 atom stereocenters. The molecule has 2 N–H and O–H groups in total. The molecule has 1 aromatic carbocycles. The van der Waals surface area contributed by atoms with Crippen molar-refractivity contribution in [2.75, 3.05) is 0 Å². The van der Waals surface area contributed by atoms with E-state index in [1.54, 1.807) is 6.92 Å². The van der Waals surface area contributed by atoms with Gasteiger partial charge in [-0.2, -0.15) is 0 Å². The highest BCUT2D eigenvalue weighted by atomic mass is 32.2. The average Bonchev–Trinajstić information content (AvgIpc) is 2.28. The molecule has 1 unspecified atom stereocenters. The third-order valence-corrected chi connectivity index (χ3v) is 5.72. The SMILES string of the molecule is Cc1c(F)cc(C(=O)O)cc1S(=O)(=O)NC(C)C1CCC1. The molecule has 0 spiro atoms. The van der Waals surface area contributed by atoms with Crippen LogP contribution in [0, 0.1) is 18.7 Å². The summed E-state index contributed by atoms with van der Waals surface area (Å²) in [5.74, 6) is -1.92. The normalized spacial score (nSPS) is 17.3. The summed E-state index contributed by atoms with van der Waals surface area (Å²) in [7, 11) is -3.94. The van der Waals surface area contributed by atoms with E-state index >= 15 is 0 Å². The van der Waals surface area contributed by atoms with Gasteiger partial charge < -0.3 is 5.11 Å². The zero-order valence-corrected chi connectivity index (χ0v) is 12.7. The first kappa shape index (κ1) is 15.9. The number of halogens is 1. The molecule has 5 nitrogen and oxygen atoms in total. The Bertz CT molecular complexity index is 668. The fourth-order valence-electron chi connectivity index (χ4n) is 2.40. The van der Waals surface area contributed by atoms with Crippen molar-refractivity contribution in [2.45, 2.75) is 44.0 Å². The van der Waals surface area contributed by atoms with Crippen LogP contribution in [0.1, 0.15) is 42.1 Å². The van der Waals surface area contributed by atoms with Crippen LogP contribution >= 0.6 is 0 Å². The highest BCUT2D eigenvalue weighted by Gasteiger charge is 2.29. The summed E-state index contributed by atoms with van der Waals surface area (Å²) in [6.07, 6.45) is 3.01. The maximum Gasteiger partial charge on any atom is 0.335 e. The van der Waals surface area contributed by atoms with E-state index in [1.165, 1.54) is 6.92 Å². The van der Waals surface area contributed by atoms with Crippen molar-refractivity contribution in [1.29, 1.82) is 0 Å². The molecule has 0 radical (unpaired) electrons. The predicted octanol–water partition coefficient (Wildman–Crippen LogP) is 2.30. The quantitative estimate of drug-likeness (QED) is 0.873. The third-order valence-electron chi connectivity index (χ3n) is 4.03. The number of carboxylic acid groups (broad SMARTS) is 1. The smallest absolute Gasteiger partial charge is 0.335 e. The van der Waals surface area contributed by atoms with Crippen LogP contribution in [-0.4, -0.2) is 25.5 Å². The monoisotopic (exact) mass is 315 g/mol. The zero-order chi connectivity index (χ0) is 15.8. The molecule has 0 heterocycles. The molecule has 0 aliphatic heterocycles. The number of nitrogens with one attached hydrogen (secondary N) is 1. The number of sulfonamides is 1. The number of benzene rings is 1. The molecule has 1 fully saturated rings. The summed E-state index contributed by atoms with van der Waals surface area (Å²) >= 11 is 0. The topological polar surface area (TPSA) is 83.5 Å². The molecule has 7 heteroatoms. The maximum absolute atomic E-state index is 13.7. The molecule has 0 bridgehead atoms. The van der Waals surface area contributed by atoms with Crippen molar-refractivity contribution in [3.63, 3.8) is 0 Å². The minimum Gasteiger partial charge on any atom is -0.478 e. The van der Waals surface area contributed by atoms with Gasteiger partial charge in [-0.05, 0) is 44.7 Å². The summed E-state index contributed by atoms with van der Waals surface area (Å²) in [5, 5.41) is 8.93.